The third-order valence-electron chi connectivity index (χ3n) is 6.84. The van der Waals surface area contributed by atoms with Crippen molar-refractivity contribution < 1.29 is 19.1 Å². The second-order valence-electron chi connectivity index (χ2n) is 10.7. The SMILES string of the molecule is CCOC(=O)c1ccn2c(-c3ccccc3)c(-c3ccc(C4(NC(=O)OC(C)(C)C)CCC4)cc3)nc2c1. The molecule has 2 aromatic carbocycles. The zero-order valence-corrected chi connectivity index (χ0v) is 22.3. The van der Waals surface area contributed by atoms with Crippen LogP contribution in [0.5, 0.6) is 0 Å². The van der Waals surface area contributed by atoms with Gasteiger partial charge in [-0.3, -0.25) is 4.40 Å². The Balaban J connectivity index is 1.53. The van der Waals surface area contributed by atoms with E-state index in [1.165, 1.54) is 0 Å². The maximum absolute atomic E-state index is 12.6. The highest BCUT2D eigenvalue weighted by molar-refractivity contribution is 5.91. The van der Waals surface area contributed by atoms with Gasteiger partial charge in [0.1, 0.15) is 11.2 Å². The number of aromatic nitrogens is 2. The second-order valence-corrected chi connectivity index (χ2v) is 10.7. The Morgan fingerprint density at radius 3 is 2.32 bits per heavy atom. The number of fused-ring (bicyclic) bond motifs is 1. The van der Waals surface area contributed by atoms with Gasteiger partial charge in [-0.1, -0.05) is 54.6 Å². The second kappa shape index (κ2) is 9.97. The topological polar surface area (TPSA) is 81.9 Å². The molecule has 1 amide bonds. The number of imidazole rings is 1. The van der Waals surface area contributed by atoms with E-state index in [9.17, 15) is 9.59 Å². The van der Waals surface area contributed by atoms with Crippen LogP contribution in [-0.4, -0.2) is 33.7 Å². The zero-order chi connectivity index (χ0) is 26.9. The summed E-state index contributed by atoms with van der Waals surface area (Å²) >= 11 is 0. The lowest BCUT2D eigenvalue weighted by Gasteiger charge is -2.43. The van der Waals surface area contributed by atoms with Crippen LogP contribution in [0.1, 0.15) is 62.9 Å². The fourth-order valence-electron chi connectivity index (χ4n) is 4.92. The van der Waals surface area contributed by atoms with E-state index in [1.807, 2.05) is 61.7 Å². The van der Waals surface area contributed by atoms with Crippen LogP contribution in [-0.2, 0) is 15.0 Å². The van der Waals surface area contributed by atoms with Crippen LogP contribution in [0, 0.1) is 0 Å². The van der Waals surface area contributed by atoms with Gasteiger partial charge in [0.2, 0.25) is 0 Å². The Morgan fingerprint density at radius 1 is 1.00 bits per heavy atom. The zero-order valence-electron chi connectivity index (χ0n) is 22.3. The molecule has 1 aliphatic rings. The molecule has 1 saturated carbocycles. The maximum atomic E-state index is 12.6. The number of nitrogens with zero attached hydrogens (tertiary/aromatic N) is 2. The molecule has 7 heteroatoms. The number of alkyl carbamates (subject to hydrolysis) is 1. The number of benzene rings is 2. The average molecular weight is 512 g/mol. The summed E-state index contributed by atoms with van der Waals surface area (Å²) in [4.78, 5) is 29.9. The van der Waals surface area contributed by atoms with E-state index in [0.29, 0.717) is 17.8 Å². The Labute approximate surface area is 222 Å². The van der Waals surface area contributed by atoms with Gasteiger partial charge in [0.05, 0.1) is 29.1 Å². The fraction of sp³-hybridized carbons (Fsp3) is 0.323. The molecular formula is C31H33N3O4. The Bertz CT molecular complexity index is 1460. The Morgan fingerprint density at radius 2 is 1.71 bits per heavy atom. The highest BCUT2D eigenvalue weighted by Crippen LogP contribution is 2.42. The molecule has 2 aromatic heterocycles. The molecule has 196 valence electrons. The molecule has 0 atom stereocenters. The summed E-state index contributed by atoms with van der Waals surface area (Å²) in [5, 5.41) is 3.12. The summed E-state index contributed by atoms with van der Waals surface area (Å²) < 4.78 is 12.7. The van der Waals surface area contributed by atoms with Crippen molar-refractivity contribution in [1.29, 1.82) is 0 Å². The monoisotopic (exact) mass is 511 g/mol. The lowest BCUT2D eigenvalue weighted by molar-refractivity contribution is 0.0376. The van der Waals surface area contributed by atoms with E-state index in [4.69, 9.17) is 14.5 Å². The van der Waals surface area contributed by atoms with Gasteiger partial charge in [-0.2, -0.15) is 0 Å². The lowest BCUT2D eigenvalue weighted by atomic mass is 9.71. The van der Waals surface area contributed by atoms with Gasteiger partial charge >= 0.3 is 12.1 Å². The lowest BCUT2D eigenvalue weighted by Crippen LogP contribution is -2.52. The minimum Gasteiger partial charge on any atom is -0.462 e. The Hall–Kier alpha value is -4.13. The normalized spacial score (nSPS) is 14.5. The molecule has 7 nitrogen and oxygen atoms in total. The molecule has 0 saturated heterocycles. The van der Waals surface area contributed by atoms with E-state index in [2.05, 4.69) is 29.6 Å². The number of esters is 1. The molecule has 0 bridgehead atoms. The number of pyridine rings is 1. The number of hydrogen-bond acceptors (Lipinski definition) is 5. The number of carbonyl (C=O) groups is 2. The number of nitrogens with one attached hydrogen (secondary N) is 1. The molecular weight excluding hydrogens is 478 g/mol. The first-order valence-corrected chi connectivity index (χ1v) is 13.1. The van der Waals surface area contributed by atoms with Gasteiger partial charge in [0, 0.05) is 17.3 Å². The van der Waals surface area contributed by atoms with Gasteiger partial charge in [-0.25, -0.2) is 14.6 Å². The third kappa shape index (κ3) is 5.01. The van der Waals surface area contributed by atoms with Gasteiger partial charge < -0.3 is 14.8 Å². The molecule has 1 aliphatic carbocycles. The number of carbonyl (C=O) groups excluding carboxylic acids is 2. The third-order valence-corrected chi connectivity index (χ3v) is 6.84. The first kappa shape index (κ1) is 25.5. The maximum Gasteiger partial charge on any atom is 0.408 e. The molecule has 0 spiro atoms. The van der Waals surface area contributed by atoms with Crippen LogP contribution in [0.4, 0.5) is 4.79 Å². The van der Waals surface area contributed by atoms with E-state index < -0.39 is 17.2 Å². The number of amides is 1. The highest BCUT2D eigenvalue weighted by atomic mass is 16.6. The summed E-state index contributed by atoms with van der Waals surface area (Å²) in [6, 6.07) is 21.8. The summed E-state index contributed by atoms with van der Waals surface area (Å²) in [7, 11) is 0. The molecule has 38 heavy (non-hydrogen) atoms. The van der Waals surface area contributed by atoms with Crippen molar-refractivity contribution in [3.63, 3.8) is 0 Å². The molecule has 0 radical (unpaired) electrons. The standard InChI is InChI=1S/C31H33N3O4/c1-5-37-28(35)23-16-19-34-25(20-23)32-26(27(34)22-10-7-6-8-11-22)21-12-14-24(15-13-21)31(17-9-18-31)33-29(36)38-30(2,3)4/h6-8,10-16,19-20H,5,9,17-18H2,1-4H3,(H,33,36). The van der Waals surface area contributed by atoms with E-state index >= 15 is 0 Å². The van der Waals surface area contributed by atoms with Crippen molar-refractivity contribution in [3.8, 4) is 22.5 Å². The molecule has 1 N–H and O–H groups in total. The number of hydrogen-bond donors (Lipinski definition) is 1. The summed E-state index contributed by atoms with van der Waals surface area (Å²) in [5.74, 6) is -0.367. The van der Waals surface area contributed by atoms with Crippen LogP contribution in [0.25, 0.3) is 28.2 Å². The van der Waals surface area contributed by atoms with E-state index in [1.54, 1.807) is 19.1 Å². The van der Waals surface area contributed by atoms with Gasteiger partial charge in [0.15, 0.2) is 0 Å². The minimum atomic E-state index is -0.553. The van der Waals surface area contributed by atoms with Crippen LogP contribution in [0.15, 0.2) is 72.9 Å². The predicted molar refractivity (Wildman–Crippen MR) is 147 cm³/mol. The highest BCUT2D eigenvalue weighted by Gasteiger charge is 2.41. The average Bonchev–Trinajstić information content (AvgIpc) is 3.25. The number of rotatable bonds is 6. The smallest absolute Gasteiger partial charge is 0.408 e. The molecule has 2 heterocycles. The molecule has 1 fully saturated rings. The van der Waals surface area contributed by atoms with Gasteiger partial charge in [-0.15, -0.1) is 0 Å². The van der Waals surface area contributed by atoms with Gasteiger partial charge in [0.25, 0.3) is 0 Å². The predicted octanol–water partition coefficient (Wildman–Crippen LogP) is 6.75. The molecule has 0 aliphatic heterocycles. The van der Waals surface area contributed by atoms with Crippen LogP contribution < -0.4 is 5.32 Å². The van der Waals surface area contributed by atoms with E-state index in [0.717, 1.165) is 47.3 Å². The summed E-state index contributed by atoms with van der Waals surface area (Å²) in [6.07, 6.45) is 4.25. The van der Waals surface area contributed by atoms with Crippen LogP contribution in [0.2, 0.25) is 0 Å². The Kier molecular flexibility index (Phi) is 6.69. The first-order valence-electron chi connectivity index (χ1n) is 13.1. The van der Waals surface area contributed by atoms with Crippen molar-refractivity contribution >= 4 is 17.7 Å². The largest absolute Gasteiger partial charge is 0.462 e. The minimum absolute atomic E-state index is 0.315. The number of ether oxygens (including phenoxy) is 2. The van der Waals surface area contributed by atoms with E-state index in [-0.39, 0.29) is 5.97 Å². The molecule has 5 rings (SSSR count). The van der Waals surface area contributed by atoms with Gasteiger partial charge in [-0.05, 0) is 64.7 Å². The van der Waals surface area contributed by atoms with Crippen molar-refractivity contribution in [1.82, 2.24) is 14.7 Å². The first-order chi connectivity index (χ1) is 18.2. The quantitative estimate of drug-likeness (QED) is 0.290. The van der Waals surface area contributed by atoms with Crippen molar-refractivity contribution in [2.75, 3.05) is 6.61 Å². The van der Waals surface area contributed by atoms with Crippen molar-refractivity contribution in [2.24, 2.45) is 0 Å². The van der Waals surface area contributed by atoms with Crippen LogP contribution in [0.3, 0.4) is 0 Å². The van der Waals surface area contributed by atoms with Crippen molar-refractivity contribution in [3.05, 3.63) is 84.1 Å². The van der Waals surface area contributed by atoms with Crippen molar-refractivity contribution in [2.45, 2.75) is 58.1 Å². The van der Waals surface area contributed by atoms with Crippen LogP contribution >= 0.6 is 0 Å². The molecule has 4 aromatic rings. The summed E-state index contributed by atoms with van der Waals surface area (Å²) in [6.45, 7) is 7.70. The summed E-state index contributed by atoms with van der Waals surface area (Å²) in [5.41, 5.74) is 4.92. The fourth-order valence-corrected chi connectivity index (χ4v) is 4.92. The molecule has 0 unspecified atom stereocenters.